The second-order valence-electron chi connectivity index (χ2n) is 4.21. The molecule has 1 aromatic rings. The first-order valence-corrected chi connectivity index (χ1v) is 5.16. The van der Waals surface area contributed by atoms with Gasteiger partial charge in [-0.1, -0.05) is 30.7 Å². The van der Waals surface area contributed by atoms with Crippen molar-refractivity contribution in [3.63, 3.8) is 0 Å². The Morgan fingerprint density at radius 2 is 2.20 bits per heavy atom. The van der Waals surface area contributed by atoms with Crippen LogP contribution in [0.4, 0.5) is 0 Å². The third-order valence-electron chi connectivity index (χ3n) is 2.96. The fourth-order valence-corrected chi connectivity index (χ4v) is 2.12. The Hall–Kier alpha value is -1.35. The molecule has 0 amide bonds. The van der Waals surface area contributed by atoms with Crippen molar-refractivity contribution >= 4 is 5.97 Å². The predicted octanol–water partition coefficient (Wildman–Crippen LogP) is 1.83. The summed E-state index contributed by atoms with van der Waals surface area (Å²) in [6, 6.07) is 5.44. The van der Waals surface area contributed by atoms with Crippen molar-refractivity contribution in [1.29, 1.82) is 0 Å². The van der Waals surface area contributed by atoms with Gasteiger partial charge in [-0.3, -0.25) is 4.79 Å². The third kappa shape index (κ3) is 1.75. The molecule has 1 aliphatic rings. The molecule has 1 aliphatic heterocycles. The summed E-state index contributed by atoms with van der Waals surface area (Å²) in [5.74, 6) is -0.414. The molecule has 0 unspecified atom stereocenters. The average molecular weight is 205 g/mol. The van der Waals surface area contributed by atoms with Gasteiger partial charge in [0.2, 0.25) is 0 Å². The van der Waals surface area contributed by atoms with Gasteiger partial charge in [0.25, 0.3) is 0 Å². The molecule has 0 saturated heterocycles. The molecule has 1 heterocycles. The zero-order valence-electron chi connectivity index (χ0n) is 8.95. The minimum absolute atomic E-state index is 0.385. The number of hydrogen-bond donors (Lipinski definition) is 2. The first-order valence-electron chi connectivity index (χ1n) is 5.16. The molecule has 3 heteroatoms. The van der Waals surface area contributed by atoms with E-state index in [0.717, 1.165) is 12.1 Å². The van der Waals surface area contributed by atoms with Crippen molar-refractivity contribution in [3.8, 4) is 0 Å². The molecule has 2 N–H and O–H groups in total. The van der Waals surface area contributed by atoms with Crippen LogP contribution in [0.3, 0.4) is 0 Å². The van der Waals surface area contributed by atoms with Gasteiger partial charge in [-0.2, -0.15) is 0 Å². The van der Waals surface area contributed by atoms with Gasteiger partial charge < -0.3 is 10.4 Å². The largest absolute Gasteiger partial charge is 0.480 e. The molecule has 1 aromatic carbocycles. The predicted molar refractivity (Wildman–Crippen MR) is 58.0 cm³/mol. The molecule has 0 fully saturated rings. The fraction of sp³-hybridized carbons (Fsp3) is 0.417. The smallest absolute Gasteiger partial charge is 0.325 e. The topological polar surface area (TPSA) is 49.3 Å². The number of nitrogens with one attached hydrogen (secondary N) is 1. The highest BCUT2D eigenvalue weighted by molar-refractivity contribution is 5.76. The molecule has 0 aliphatic carbocycles. The van der Waals surface area contributed by atoms with Crippen LogP contribution in [0.5, 0.6) is 0 Å². The van der Waals surface area contributed by atoms with Crippen molar-refractivity contribution in [2.75, 3.05) is 6.54 Å². The molecular weight excluding hydrogens is 190 g/mol. The number of carbonyl (C=O) groups is 1. The molecule has 2 rings (SSSR count). The van der Waals surface area contributed by atoms with E-state index in [0.29, 0.717) is 5.92 Å². The number of fused-ring (bicyclic) bond motifs is 1. The van der Waals surface area contributed by atoms with E-state index in [-0.39, 0.29) is 0 Å². The maximum Gasteiger partial charge on any atom is 0.325 e. The summed E-state index contributed by atoms with van der Waals surface area (Å²) in [7, 11) is 0. The lowest BCUT2D eigenvalue weighted by Crippen LogP contribution is -2.36. The highest BCUT2D eigenvalue weighted by Crippen LogP contribution is 2.30. The van der Waals surface area contributed by atoms with Gasteiger partial charge in [-0.25, -0.2) is 0 Å². The lowest BCUT2D eigenvalue weighted by molar-refractivity contribution is -0.139. The maximum atomic E-state index is 11.0. The van der Waals surface area contributed by atoms with Crippen LogP contribution < -0.4 is 5.32 Å². The van der Waals surface area contributed by atoms with Crippen molar-refractivity contribution in [1.82, 2.24) is 5.32 Å². The van der Waals surface area contributed by atoms with Crippen molar-refractivity contribution < 1.29 is 9.90 Å². The molecule has 3 nitrogen and oxygen atoms in total. The Kier molecular flexibility index (Phi) is 2.49. The number of benzene rings is 1. The third-order valence-corrected chi connectivity index (χ3v) is 2.96. The number of hydrogen-bond acceptors (Lipinski definition) is 2. The second-order valence-corrected chi connectivity index (χ2v) is 4.21. The van der Waals surface area contributed by atoms with E-state index in [9.17, 15) is 4.79 Å². The molecule has 2 atom stereocenters. The van der Waals surface area contributed by atoms with E-state index in [2.05, 4.69) is 18.3 Å². The molecule has 0 spiro atoms. The second kappa shape index (κ2) is 3.66. The van der Waals surface area contributed by atoms with E-state index in [1.807, 2.05) is 19.1 Å². The molecule has 0 saturated carbocycles. The van der Waals surface area contributed by atoms with Gasteiger partial charge in [-0.15, -0.1) is 0 Å². The van der Waals surface area contributed by atoms with Gasteiger partial charge in [0.1, 0.15) is 6.04 Å². The monoisotopic (exact) mass is 205 g/mol. The summed E-state index contributed by atoms with van der Waals surface area (Å²) in [6.45, 7) is 4.88. The summed E-state index contributed by atoms with van der Waals surface area (Å²) in [4.78, 5) is 11.0. The van der Waals surface area contributed by atoms with E-state index in [1.165, 1.54) is 11.1 Å². The minimum Gasteiger partial charge on any atom is -0.480 e. The summed E-state index contributed by atoms with van der Waals surface area (Å²) < 4.78 is 0. The number of carboxylic acid groups (broad SMARTS) is 1. The van der Waals surface area contributed by atoms with Crippen molar-refractivity contribution in [3.05, 3.63) is 34.9 Å². The van der Waals surface area contributed by atoms with Gasteiger partial charge in [0.05, 0.1) is 0 Å². The highest BCUT2D eigenvalue weighted by Gasteiger charge is 2.28. The summed E-state index contributed by atoms with van der Waals surface area (Å²) in [5, 5.41) is 12.1. The number of aliphatic carboxylic acids is 1. The van der Waals surface area contributed by atoms with Gasteiger partial charge >= 0.3 is 5.97 Å². The average Bonchev–Trinajstić information content (AvgIpc) is 2.19. The van der Waals surface area contributed by atoms with Crippen LogP contribution in [0.25, 0.3) is 0 Å². The summed E-state index contributed by atoms with van der Waals surface area (Å²) in [5.41, 5.74) is 3.26. The van der Waals surface area contributed by atoms with Crippen molar-refractivity contribution in [2.24, 2.45) is 0 Å². The molecule has 0 radical (unpaired) electrons. The molecule has 0 aromatic heterocycles. The van der Waals surface area contributed by atoms with Crippen LogP contribution >= 0.6 is 0 Å². The summed E-state index contributed by atoms with van der Waals surface area (Å²) >= 11 is 0. The molecule has 0 bridgehead atoms. The Labute approximate surface area is 89.1 Å². The van der Waals surface area contributed by atoms with Crippen LogP contribution in [-0.4, -0.2) is 17.6 Å². The zero-order valence-corrected chi connectivity index (χ0v) is 8.95. The van der Waals surface area contributed by atoms with Gasteiger partial charge in [0, 0.05) is 6.54 Å². The van der Waals surface area contributed by atoms with E-state index < -0.39 is 12.0 Å². The van der Waals surface area contributed by atoms with E-state index >= 15 is 0 Å². The SMILES string of the molecule is Cc1ccc2c(c1)[C@H](C)CN[C@@H]2C(=O)O. The number of rotatable bonds is 1. The molecular formula is C12H15NO2. The van der Waals surface area contributed by atoms with E-state index in [1.54, 1.807) is 0 Å². The Morgan fingerprint density at radius 3 is 2.87 bits per heavy atom. The first-order chi connectivity index (χ1) is 7.09. The first kappa shape index (κ1) is 10.2. The van der Waals surface area contributed by atoms with Crippen LogP contribution in [0.1, 0.15) is 35.6 Å². The Morgan fingerprint density at radius 1 is 1.47 bits per heavy atom. The molecule has 80 valence electrons. The lowest BCUT2D eigenvalue weighted by Gasteiger charge is -2.28. The van der Waals surface area contributed by atoms with Gasteiger partial charge in [0.15, 0.2) is 0 Å². The minimum atomic E-state index is -0.799. The molecule has 15 heavy (non-hydrogen) atoms. The Bertz CT molecular complexity index is 401. The highest BCUT2D eigenvalue weighted by atomic mass is 16.4. The van der Waals surface area contributed by atoms with Crippen LogP contribution in [0.2, 0.25) is 0 Å². The lowest BCUT2D eigenvalue weighted by atomic mass is 9.86. The Balaban J connectivity index is 2.50. The van der Waals surface area contributed by atoms with E-state index in [4.69, 9.17) is 5.11 Å². The van der Waals surface area contributed by atoms with Crippen LogP contribution in [0.15, 0.2) is 18.2 Å². The van der Waals surface area contributed by atoms with Crippen molar-refractivity contribution in [2.45, 2.75) is 25.8 Å². The van der Waals surface area contributed by atoms with Crippen LogP contribution in [0, 0.1) is 6.92 Å². The fourth-order valence-electron chi connectivity index (χ4n) is 2.12. The quantitative estimate of drug-likeness (QED) is 0.735. The normalized spacial score (nSPS) is 24.7. The summed E-state index contributed by atoms with van der Waals surface area (Å²) in [6.07, 6.45) is 0. The standard InChI is InChI=1S/C12H15NO2/c1-7-3-4-9-10(5-7)8(2)6-13-11(9)12(14)15/h3-5,8,11,13H,6H2,1-2H3,(H,14,15)/t8-,11+/m1/s1. The van der Waals surface area contributed by atoms with Crippen LogP contribution in [-0.2, 0) is 4.79 Å². The number of aryl methyl sites for hydroxylation is 1. The van der Waals surface area contributed by atoms with Gasteiger partial charge in [-0.05, 0) is 24.0 Å². The maximum absolute atomic E-state index is 11.0. The zero-order chi connectivity index (χ0) is 11.0. The number of carboxylic acids is 1.